The average Bonchev–Trinajstić information content (AvgIpc) is 3.94. The summed E-state index contributed by atoms with van der Waals surface area (Å²) in [4.78, 5) is 5.25. The van der Waals surface area contributed by atoms with Crippen molar-refractivity contribution >= 4 is 39.9 Å². The summed E-state index contributed by atoms with van der Waals surface area (Å²) in [5, 5.41) is 5.19. The van der Waals surface area contributed by atoms with Gasteiger partial charge in [-0.25, -0.2) is 4.98 Å². The molecule has 1 aromatic heterocycles. The van der Waals surface area contributed by atoms with E-state index in [1.807, 2.05) is 0 Å². The van der Waals surface area contributed by atoms with Crippen molar-refractivity contribution < 1.29 is 4.74 Å². The van der Waals surface area contributed by atoms with E-state index in [2.05, 4.69) is 259 Å². The minimum Gasteiger partial charge on any atom is -0.457 e. The largest absolute Gasteiger partial charge is 0.457 e. The molecule has 0 fully saturated rings. The molecule has 310 valence electrons. The van der Waals surface area contributed by atoms with E-state index in [0.717, 1.165) is 56.3 Å². The molecule has 0 amide bonds. The molecule has 0 N–H and O–H groups in total. The molecule has 0 atom stereocenters. The van der Waals surface area contributed by atoms with Gasteiger partial charge < -0.3 is 4.74 Å². The van der Waals surface area contributed by atoms with E-state index in [1.165, 1.54) is 48.6 Å². The van der Waals surface area contributed by atoms with Gasteiger partial charge in [0.1, 0.15) is 17.3 Å². The highest BCUT2D eigenvalue weighted by molar-refractivity contribution is 7.20. The Labute approximate surface area is 385 Å². The van der Waals surface area contributed by atoms with Crippen LogP contribution in [0.5, 0.6) is 11.5 Å². The van der Waals surface area contributed by atoms with Crippen LogP contribution in [0.2, 0.25) is 0 Å². The van der Waals surface area contributed by atoms with Crippen molar-refractivity contribution in [1.29, 1.82) is 0 Å². The summed E-state index contributed by atoms with van der Waals surface area (Å²) < 4.78 is 9.70. The molecule has 0 unspecified atom stereocenters. The maximum Gasteiger partial charge on any atom is 0.188 e. The molecule has 66 heavy (non-hydrogen) atoms. The fourth-order valence-electron chi connectivity index (χ4n) is 11.3. The van der Waals surface area contributed by atoms with Gasteiger partial charge in [0, 0.05) is 16.8 Å². The van der Waals surface area contributed by atoms with Gasteiger partial charge in [0.2, 0.25) is 0 Å². The van der Waals surface area contributed by atoms with Gasteiger partial charge in [0.15, 0.2) is 8.07 Å². The lowest BCUT2D eigenvalue weighted by Gasteiger charge is -2.41. The third-order valence-electron chi connectivity index (χ3n) is 14.0. The molecule has 2 heterocycles. The average molecular weight is 859 g/mol. The first-order chi connectivity index (χ1) is 32.7. The van der Waals surface area contributed by atoms with Crippen molar-refractivity contribution in [3.05, 3.63) is 277 Å². The zero-order chi connectivity index (χ0) is 43.7. The van der Waals surface area contributed by atoms with Crippen molar-refractivity contribution in [3.63, 3.8) is 0 Å². The van der Waals surface area contributed by atoms with Crippen molar-refractivity contribution in [2.45, 2.75) is 5.41 Å². The molecule has 10 aromatic carbocycles. The third-order valence-corrected chi connectivity index (χ3v) is 18.8. The molecule has 4 heteroatoms. The van der Waals surface area contributed by atoms with E-state index in [9.17, 15) is 0 Å². The highest BCUT2D eigenvalue weighted by Gasteiger charge is 2.53. The molecule has 0 bridgehead atoms. The summed E-state index contributed by atoms with van der Waals surface area (Å²) in [5.41, 5.74) is 13.0. The van der Waals surface area contributed by atoms with Gasteiger partial charge in [-0.1, -0.05) is 212 Å². The minimum atomic E-state index is -2.92. The van der Waals surface area contributed by atoms with Crippen LogP contribution in [0.3, 0.4) is 0 Å². The van der Waals surface area contributed by atoms with Crippen LogP contribution < -0.4 is 25.5 Å². The Hall–Kier alpha value is -8.31. The van der Waals surface area contributed by atoms with Crippen LogP contribution in [-0.2, 0) is 5.41 Å². The lowest BCUT2D eigenvalue weighted by molar-refractivity contribution is 0.488. The maximum atomic E-state index is 7.42. The van der Waals surface area contributed by atoms with E-state index < -0.39 is 13.5 Å². The summed E-state index contributed by atoms with van der Waals surface area (Å²) in [6, 6.07) is 93.1. The first-order valence-corrected chi connectivity index (χ1v) is 24.7. The van der Waals surface area contributed by atoms with Gasteiger partial charge >= 0.3 is 0 Å². The number of nitrogens with zero attached hydrogens (tertiary/aromatic N) is 2. The number of fused-ring (bicyclic) bond motifs is 7. The predicted molar refractivity (Wildman–Crippen MR) is 273 cm³/mol. The van der Waals surface area contributed by atoms with E-state index >= 15 is 0 Å². The van der Waals surface area contributed by atoms with E-state index in [0.29, 0.717) is 0 Å². The maximum absolute atomic E-state index is 7.42. The summed E-state index contributed by atoms with van der Waals surface area (Å²) in [5.74, 6) is 2.79. The number of imidazole rings is 1. The molecule has 0 saturated heterocycles. The molecule has 0 spiro atoms. The monoisotopic (exact) mass is 858 g/mol. The molecular weight excluding hydrogens is 817 g/mol. The lowest BCUT2D eigenvalue weighted by atomic mass is 9.67. The SMILES string of the molecule is c1ccc(-n2c(-c3cccc(-c4ccc5c(c4)C(c4ccccc4)(c4ccccc4)c4ccc6c(c4-5)Oc4ccccc4[Si]6(c4ccccc4)c4ccccc4)c3)nc3ccccc32)cc1. The van der Waals surface area contributed by atoms with Gasteiger partial charge in [-0.05, 0) is 102 Å². The molecule has 0 saturated carbocycles. The van der Waals surface area contributed by atoms with Crippen molar-refractivity contribution in [2.24, 2.45) is 0 Å². The van der Waals surface area contributed by atoms with Crippen LogP contribution in [0.1, 0.15) is 22.3 Å². The first kappa shape index (κ1) is 38.2. The van der Waals surface area contributed by atoms with Crippen LogP contribution in [0.15, 0.2) is 255 Å². The number of para-hydroxylation sites is 4. The zero-order valence-corrected chi connectivity index (χ0v) is 37.1. The van der Waals surface area contributed by atoms with Crippen LogP contribution in [0, 0.1) is 0 Å². The number of hydrogen-bond acceptors (Lipinski definition) is 2. The number of hydrogen-bond donors (Lipinski definition) is 0. The van der Waals surface area contributed by atoms with Crippen molar-refractivity contribution in [1.82, 2.24) is 9.55 Å². The second-order valence-electron chi connectivity index (χ2n) is 17.4. The highest BCUT2D eigenvalue weighted by Crippen LogP contribution is 2.59. The summed E-state index contributed by atoms with van der Waals surface area (Å²) in [6.45, 7) is 0. The molecule has 1 aliphatic heterocycles. The first-order valence-electron chi connectivity index (χ1n) is 22.7. The van der Waals surface area contributed by atoms with Crippen LogP contribution >= 0.6 is 0 Å². The molecular formula is C62H42N2OSi. The molecule has 13 rings (SSSR count). The number of ether oxygens (including phenoxy) is 1. The third kappa shape index (κ3) is 5.52. The Morgan fingerprint density at radius 2 is 1.00 bits per heavy atom. The second-order valence-corrected chi connectivity index (χ2v) is 21.1. The zero-order valence-electron chi connectivity index (χ0n) is 36.1. The highest BCUT2D eigenvalue weighted by atomic mass is 28.3. The minimum absolute atomic E-state index is 0.652. The van der Waals surface area contributed by atoms with Crippen LogP contribution in [0.4, 0.5) is 0 Å². The Balaban J connectivity index is 1.09. The van der Waals surface area contributed by atoms with Gasteiger partial charge in [-0.3, -0.25) is 4.57 Å². The molecule has 11 aromatic rings. The van der Waals surface area contributed by atoms with Crippen molar-refractivity contribution in [3.8, 4) is 50.8 Å². The Morgan fingerprint density at radius 3 is 1.70 bits per heavy atom. The standard InChI is InChI=1S/C62H42N2OSi/c1-6-23-46(24-7-1)62(47-25-8-2-9-26-47)52-39-40-58-60(65-56-35-18-19-36-57(56)66(58,49-29-12-4-13-30-49)50-31-14-5-15-32-50)59(52)51-38-37-44(42-53(51)62)43-21-20-22-45(41-43)61-63-54-33-16-17-34-55(54)64(61)48-27-10-3-11-28-48/h1-42H. The number of benzene rings is 10. The van der Waals surface area contributed by atoms with Gasteiger partial charge in [0.05, 0.1) is 16.4 Å². The van der Waals surface area contributed by atoms with Gasteiger partial charge in [0.25, 0.3) is 0 Å². The predicted octanol–water partition coefficient (Wildman–Crippen LogP) is 12.2. The van der Waals surface area contributed by atoms with Gasteiger partial charge in [-0.2, -0.15) is 0 Å². The Kier molecular flexibility index (Phi) is 8.77. The van der Waals surface area contributed by atoms with E-state index in [4.69, 9.17) is 9.72 Å². The summed E-state index contributed by atoms with van der Waals surface area (Å²) >= 11 is 0. The normalized spacial score (nSPS) is 13.8. The van der Waals surface area contributed by atoms with Crippen LogP contribution in [0.25, 0.3) is 50.4 Å². The topological polar surface area (TPSA) is 27.1 Å². The quantitative estimate of drug-likeness (QED) is 0.149. The van der Waals surface area contributed by atoms with Gasteiger partial charge in [-0.15, -0.1) is 0 Å². The number of aromatic nitrogens is 2. The van der Waals surface area contributed by atoms with Crippen molar-refractivity contribution in [2.75, 3.05) is 0 Å². The number of rotatable bonds is 7. The smallest absolute Gasteiger partial charge is 0.188 e. The molecule has 3 nitrogen and oxygen atoms in total. The van der Waals surface area contributed by atoms with E-state index in [1.54, 1.807) is 0 Å². The van der Waals surface area contributed by atoms with Crippen LogP contribution in [-0.4, -0.2) is 17.6 Å². The Bertz CT molecular complexity index is 3530. The molecule has 1 aliphatic carbocycles. The van der Waals surface area contributed by atoms with E-state index in [-0.39, 0.29) is 0 Å². The molecule has 2 aliphatic rings. The summed E-state index contributed by atoms with van der Waals surface area (Å²) in [7, 11) is -2.92. The fourth-order valence-corrected chi connectivity index (χ4v) is 16.3. The second kappa shape index (κ2) is 15.2. The molecule has 0 radical (unpaired) electrons. The fraction of sp³-hybridized carbons (Fsp3) is 0.0161. The summed E-state index contributed by atoms with van der Waals surface area (Å²) in [6.07, 6.45) is 0. The lowest BCUT2D eigenvalue weighted by Crippen LogP contribution is -2.76. The Morgan fingerprint density at radius 1 is 0.424 bits per heavy atom.